The average Bonchev–Trinajstić information content (AvgIpc) is 3.95. The summed E-state index contributed by atoms with van der Waals surface area (Å²) in [4.78, 5) is 9.63. The first-order valence-corrected chi connectivity index (χ1v) is 25.4. The van der Waals surface area contributed by atoms with Crippen molar-refractivity contribution in [3.8, 4) is 20.9 Å². The van der Waals surface area contributed by atoms with Gasteiger partial charge in [0.2, 0.25) is 0 Å². The molecular weight excluding hydrogens is 828 g/mol. The van der Waals surface area contributed by atoms with Crippen LogP contribution in [-0.4, -0.2) is 8.07 Å². The van der Waals surface area contributed by atoms with Crippen LogP contribution in [-0.2, 0) is 0 Å². The number of nitrogens with zero attached hydrogens (tertiary/aromatic N) is 2. The molecule has 10 rings (SSSR count). The van der Waals surface area contributed by atoms with E-state index >= 15 is 0 Å². The normalized spacial score (nSPS) is 12.8. The molecule has 0 atom stereocenters. The molecule has 0 spiro atoms. The number of para-hydroxylation sites is 4. The van der Waals surface area contributed by atoms with Crippen molar-refractivity contribution in [2.24, 2.45) is 0 Å². The first-order valence-electron chi connectivity index (χ1n) is 20.0. The van der Waals surface area contributed by atoms with E-state index in [1.807, 2.05) is 40.9 Å². The highest BCUT2D eigenvalue weighted by Crippen LogP contribution is 2.49. The third-order valence-corrected chi connectivity index (χ3v) is 18.2. The van der Waals surface area contributed by atoms with Crippen LogP contribution in [0.4, 0.5) is 34.1 Å². The van der Waals surface area contributed by atoms with Crippen molar-refractivity contribution >= 4 is 98.4 Å². The lowest BCUT2D eigenvalue weighted by atomic mass is 9.94. The van der Waals surface area contributed by atoms with Crippen molar-refractivity contribution in [2.75, 3.05) is 9.80 Å². The van der Waals surface area contributed by atoms with Crippen LogP contribution < -0.4 is 20.2 Å². The Labute approximate surface area is 371 Å². The smallest absolute Gasteiger partial charge is 0.193 e. The highest BCUT2D eigenvalue weighted by atomic mass is 35.5. The van der Waals surface area contributed by atoms with E-state index in [1.54, 1.807) is 0 Å². The van der Waals surface area contributed by atoms with E-state index in [-0.39, 0.29) is 0 Å². The molecule has 9 aromatic rings. The van der Waals surface area contributed by atoms with Gasteiger partial charge >= 0.3 is 0 Å². The molecule has 0 aliphatic carbocycles. The minimum absolute atomic E-state index is 0.665. The van der Waals surface area contributed by atoms with Crippen molar-refractivity contribution in [3.05, 3.63) is 231 Å². The molecule has 0 fully saturated rings. The number of thiophene rings is 2. The number of halogens is 2. The summed E-state index contributed by atoms with van der Waals surface area (Å²) >= 11 is 17.9. The van der Waals surface area contributed by atoms with Gasteiger partial charge in [-0.05, 0) is 151 Å². The first kappa shape index (κ1) is 38.4. The van der Waals surface area contributed by atoms with Gasteiger partial charge in [0.15, 0.2) is 8.07 Å². The summed E-state index contributed by atoms with van der Waals surface area (Å²) in [5.41, 5.74) is 9.99. The van der Waals surface area contributed by atoms with Gasteiger partial charge in [-0.25, -0.2) is 0 Å². The zero-order chi connectivity index (χ0) is 40.8. The molecule has 0 saturated heterocycles. The number of anilines is 6. The zero-order valence-corrected chi connectivity index (χ0v) is 37.2. The summed E-state index contributed by atoms with van der Waals surface area (Å²) in [6, 6.07) is 70.9. The molecule has 3 heterocycles. The Kier molecular flexibility index (Phi) is 10.2. The highest BCUT2D eigenvalue weighted by molar-refractivity contribution is 7.23. The van der Waals surface area contributed by atoms with E-state index in [0.29, 0.717) is 10.0 Å². The second kappa shape index (κ2) is 16.0. The van der Waals surface area contributed by atoms with E-state index in [1.165, 1.54) is 41.0 Å². The van der Waals surface area contributed by atoms with Crippen LogP contribution >= 0.6 is 45.9 Å². The predicted molar refractivity (Wildman–Crippen MR) is 263 cm³/mol. The maximum atomic E-state index is 7.12. The van der Waals surface area contributed by atoms with Crippen LogP contribution in [0.5, 0.6) is 0 Å². The summed E-state index contributed by atoms with van der Waals surface area (Å²) in [6.07, 6.45) is 0. The maximum Gasteiger partial charge on any atom is 0.193 e. The molecule has 0 bridgehead atoms. The largest absolute Gasteiger partial charge is 0.311 e. The van der Waals surface area contributed by atoms with E-state index in [4.69, 9.17) is 23.2 Å². The Morgan fingerprint density at radius 3 is 1.05 bits per heavy atom. The molecule has 0 N–H and O–H groups in total. The molecule has 0 saturated carbocycles. The lowest BCUT2D eigenvalue weighted by Gasteiger charge is -2.28. The standard InChI is InChI=1S/C53H39Cl2N2S2Si/c1-60(2)48-34-46(36-26-30-42(31-27-36)56(38-16-7-3-8-17-38)39-18-9-4-10-19-39)58-52(48)51(50-44(54)24-15-25-45(50)55)53-49(60)35-47(59-53)37-28-32-43(33-29-37)57(40-20-11-5-12-21-40)41-22-13-6-14-23-41/h3-35H,1-2H3/q+1. The molecule has 60 heavy (non-hydrogen) atoms. The second-order valence-corrected chi connectivity index (χ2v) is 22.7. The SMILES string of the molecule is C[Si]1(C)c2cc(-c3ccc(N(c4ccccc4)c4ccccc4)cc3)sc2[C+](c2c(Cl)cccc2Cl)c2sc(-c3ccc(N(c4ccccc4)c4ccccc4)cc3)cc21. The molecule has 0 amide bonds. The average molecular weight is 867 g/mol. The minimum atomic E-state index is -2.20. The Hall–Kier alpha value is -5.79. The number of benzene rings is 7. The summed E-state index contributed by atoms with van der Waals surface area (Å²) in [5.74, 6) is 1.14. The number of hydrogen-bond acceptors (Lipinski definition) is 4. The van der Waals surface area contributed by atoms with Crippen molar-refractivity contribution in [1.29, 1.82) is 0 Å². The van der Waals surface area contributed by atoms with Crippen molar-refractivity contribution in [1.82, 2.24) is 0 Å². The van der Waals surface area contributed by atoms with Crippen LogP contribution in [0.25, 0.3) is 20.9 Å². The van der Waals surface area contributed by atoms with E-state index in [9.17, 15) is 0 Å². The highest BCUT2D eigenvalue weighted by Gasteiger charge is 2.50. The molecule has 0 radical (unpaired) electrons. The predicted octanol–water partition coefficient (Wildman–Crippen LogP) is 15.5. The third kappa shape index (κ3) is 6.96. The van der Waals surface area contributed by atoms with Gasteiger partial charge in [0.05, 0.1) is 5.92 Å². The number of rotatable bonds is 9. The van der Waals surface area contributed by atoms with Gasteiger partial charge in [-0.1, -0.05) is 97.1 Å². The summed E-state index contributed by atoms with van der Waals surface area (Å²) in [6.45, 7) is 4.98. The fraction of sp³-hybridized carbons (Fsp3) is 0.0377. The quantitative estimate of drug-likeness (QED) is 0.105. The monoisotopic (exact) mass is 865 g/mol. The first-order chi connectivity index (χ1) is 29.3. The van der Waals surface area contributed by atoms with Crippen LogP contribution in [0.2, 0.25) is 23.1 Å². The lowest BCUT2D eigenvalue weighted by Crippen LogP contribution is -2.57. The number of hydrogen-bond donors (Lipinski definition) is 0. The van der Waals surface area contributed by atoms with Gasteiger partial charge in [-0.3, -0.25) is 0 Å². The van der Waals surface area contributed by atoms with E-state index in [0.717, 1.165) is 45.6 Å². The minimum Gasteiger partial charge on any atom is -0.311 e. The van der Waals surface area contributed by atoms with Crippen LogP contribution in [0.3, 0.4) is 0 Å². The molecule has 0 unspecified atom stereocenters. The fourth-order valence-corrected chi connectivity index (χ4v) is 16.0. The van der Waals surface area contributed by atoms with Gasteiger partial charge in [-0.2, -0.15) is 0 Å². The molecule has 7 heteroatoms. The summed E-state index contributed by atoms with van der Waals surface area (Å²) in [5, 5.41) is 4.17. The fourth-order valence-electron chi connectivity index (χ4n) is 8.33. The summed E-state index contributed by atoms with van der Waals surface area (Å²) in [7, 11) is -2.20. The Balaban J connectivity index is 1.04. The summed E-state index contributed by atoms with van der Waals surface area (Å²) < 4.78 is 0. The molecule has 1 aliphatic rings. The van der Waals surface area contributed by atoms with Gasteiger partial charge in [0.25, 0.3) is 0 Å². The Morgan fingerprint density at radius 2 is 0.717 bits per heavy atom. The van der Waals surface area contributed by atoms with Gasteiger partial charge < -0.3 is 9.80 Å². The lowest BCUT2D eigenvalue weighted by molar-refractivity contribution is 1.28. The zero-order valence-electron chi connectivity index (χ0n) is 33.0. The third-order valence-electron chi connectivity index (χ3n) is 11.4. The van der Waals surface area contributed by atoms with E-state index in [2.05, 4.69) is 205 Å². The van der Waals surface area contributed by atoms with Crippen LogP contribution in [0.15, 0.2) is 200 Å². The van der Waals surface area contributed by atoms with E-state index < -0.39 is 8.07 Å². The Bertz CT molecular complexity index is 2640. The van der Waals surface area contributed by atoms with Gasteiger partial charge in [0, 0.05) is 54.3 Å². The molecule has 2 aromatic heterocycles. The van der Waals surface area contributed by atoms with Gasteiger partial charge in [0.1, 0.15) is 25.4 Å². The molecule has 290 valence electrons. The van der Waals surface area contributed by atoms with Crippen LogP contribution in [0, 0.1) is 5.92 Å². The van der Waals surface area contributed by atoms with Crippen LogP contribution in [0.1, 0.15) is 15.3 Å². The molecule has 2 nitrogen and oxygen atoms in total. The van der Waals surface area contributed by atoms with Gasteiger partial charge in [-0.15, -0.1) is 22.7 Å². The van der Waals surface area contributed by atoms with Crippen molar-refractivity contribution < 1.29 is 0 Å². The molecule has 1 aliphatic heterocycles. The molecule has 7 aromatic carbocycles. The molecular formula is C53H39Cl2N2S2Si+. The van der Waals surface area contributed by atoms with Crippen molar-refractivity contribution in [2.45, 2.75) is 13.1 Å². The van der Waals surface area contributed by atoms with Crippen molar-refractivity contribution in [3.63, 3.8) is 0 Å². The number of fused-ring (bicyclic) bond motifs is 2. The topological polar surface area (TPSA) is 6.48 Å². The Morgan fingerprint density at radius 1 is 0.400 bits per heavy atom. The maximum absolute atomic E-state index is 7.12. The second-order valence-electron chi connectivity index (χ2n) is 15.4.